The summed E-state index contributed by atoms with van der Waals surface area (Å²) in [4.78, 5) is 29.0. The number of urea groups is 1. The molecule has 3 rings (SSSR count). The van der Waals surface area contributed by atoms with Gasteiger partial charge in [0.05, 0.1) is 0 Å². The highest BCUT2D eigenvalue weighted by atomic mass is 16.2. The molecule has 1 heterocycles. The second kappa shape index (κ2) is 8.08. The molecule has 0 aliphatic rings. The summed E-state index contributed by atoms with van der Waals surface area (Å²) in [5.74, 6) is 0.381. The second-order valence-corrected chi connectivity index (χ2v) is 7.08. The van der Waals surface area contributed by atoms with E-state index in [0.29, 0.717) is 11.6 Å². The van der Waals surface area contributed by atoms with Crippen LogP contribution in [-0.2, 0) is 0 Å². The zero-order valence-corrected chi connectivity index (χ0v) is 16.5. The molecule has 0 radical (unpaired) electrons. The van der Waals surface area contributed by atoms with E-state index in [0.717, 1.165) is 16.8 Å². The maximum absolute atomic E-state index is 12.7. The van der Waals surface area contributed by atoms with Crippen LogP contribution in [0.2, 0.25) is 0 Å². The minimum absolute atomic E-state index is 0.0308. The smallest absolute Gasteiger partial charge is 0.308 e. The molecule has 0 bridgehead atoms. The minimum Gasteiger partial charge on any atom is -0.308 e. The summed E-state index contributed by atoms with van der Waals surface area (Å²) in [6.07, 6.45) is 3.07. The van der Waals surface area contributed by atoms with Crippen LogP contribution in [-0.4, -0.2) is 15.6 Å². The van der Waals surface area contributed by atoms with Crippen molar-refractivity contribution in [2.75, 3.05) is 10.6 Å². The lowest BCUT2D eigenvalue weighted by Crippen LogP contribution is -2.28. The summed E-state index contributed by atoms with van der Waals surface area (Å²) in [6, 6.07) is 12.9. The van der Waals surface area contributed by atoms with Gasteiger partial charge in [-0.15, -0.1) is 0 Å². The van der Waals surface area contributed by atoms with Crippen LogP contribution in [0.3, 0.4) is 0 Å². The van der Waals surface area contributed by atoms with Crippen LogP contribution >= 0.6 is 0 Å². The van der Waals surface area contributed by atoms with Gasteiger partial charge in [0.15, 0.2) is 0 Å². The number of benzene rings is 2. The predicted octanol–water partition coefficient (Wildman–Crippen LogP) is 4.62. The first-order valence-electron chi connectivity index (χ1n) is 9.18. The van der Waals surface area contributed by atoms with Gasteiger partial charge in [0.2, 0.25) is 5.82 Å². The molecule has 0 unspecified atom stereocenters. The Morgan fingerprint density at radius 2 is 1.71 bits per heavy atom. The first-order chi connectivity index (χ1) is 13.3. The highest BCUT2D eigenvalue weighted by Gasteiger charge is 2.11. The van der Waals surface area contributed by atoms with Gasteiger partial charge in [0.1, 0.15) is 0 Å². The third-order valence-corrected chi connectivity index (χ3v) is 4.68. The van der Waals surface area contributed by atoms with Crippen molar-refractivity contribution >= 4 is 17.5 Å². The van der Waals surface area contributed by atoms with Gasteiger partial charge in [0.25, 0.3) is 5.56 Å². The van der Waals surface area contributed by atoms with Crippen molar-refractivity contribution < 1.29 is 4.79 Å². The van der Waals surface area contributed by atoms with Crippen LogP contribution in [0.5, 0.6) is 0 Å². The Labute approximate surface area is 164 Å². The standard InChI is InChI=1S/C22H24N4O2/c1-14(2)17-6-9-19(10-7-17)26-12-11-23-20(21(26)27)25-22(28)24-18-8-5-15(3)16(4)13-18/h5-14H,1-4H3,(H2,23,24,25,28). The van der Waals surface area contributed by atoms with Gasteiger partial charge in [-0.1, -0.05) is 32.0 Å². The fraction of sp³-hybridized carbons (Fsp3) is 0.227. The van der Waals surface area contributed by atoms with Crippen LogP contribution in [0, 0.1) is 13.8 Å². The second-order valence-electron chi connectivity index (χ2n) is 7.08. The van der Waals surface area contributed by atoms with Gasteiger partial charge in [-0.2, -0.15) is 0 Å². The van der Waals surface area contributed by atoms with Crippen molar-refractivity contribution in [2.45, 2.75) is 33.6 Å². The number of hydrogen-bond acceptors (Lipinski definition) is 3. The molecule has 2 N–H and O–H groups in total. The van der Waals surface area contributed by atoms with Crippen molar-refractivity contribution in [2.24, 2.45) is 0 Å². The molecular weight excluding hydrogens is 352 g/mol. The van der Waals surface area contributed by atoms with Gasteiger partial charge in [-0.25, -0.2) is 9.78 Å². The van der Waals surface area contributed by atoms with E-state index in [2.05, 4.69) is 29.5 Å². The van der Waals surface area contributed by atoms with E-state index in [-0.39, 0.29) is 5.82 Å². The number of hydrogen-bond donors (Lipinski definition) is 2. The van der Waals surface area contributed by atoms with Crippen molar-refractivity contribution in [1.29, 1.82) is 0 Å². The molecule has 6 heteroatoms. The Morgan fingerprint density at radius 1 is 1.00 bits per heavy atom. The average molecular weight is 376 g/mol. The average Bonchev–Trinajstić information content (AvgIpc) is 2.66. The van der Waals surface area contributed by atoms with E-state index in [9.17, 15) is 9.59 Å². The number of rotatable bonds is 4. The lowest BCUT2D eigenvalue weighted by atomic mass is 10.0. The summed E-state index contributed by atoms with van der Waals surface area (Å²) in [5.41, 5.74) is 4.38. The normalized spacial score (nSPS) is 10.8. The van der Waals surface area contributed by atoms with Crippen LogP contribution in [0.15, 0.2) is 59.7 Å². The summed E-state index contributed by atoms with van der Waals surface area (Å²) < 4.78 is 1.46. The summed E-state index contributed by atoms with van der Waals surface area (Å²) in [7, 11) is 0. The van der Waals surface area contributed by atoms with Crippen LogP contribution < -0.4 is 16.2 Å². The molecule has 2 amide bonds. The Kier molecular flexibility index (Phi) is 5.59. The lowest BCUT2D eigenvalue weighted by Gasteiger charge is -2.11. The number of nitrogens with zero attached hydrogens (tertiary/aromatic N) is 2. The third kappa shape index (κ3) is 4.28. The number of amides is 2. The van der Waals surface area contributed by atoms with Crippen LogP contribution in [0.1, 0.15) is 36.5 Å². The summed E-state index contributed by atoms with van der Waals surface area (Å²) >= 11 is 0. The van der Waals surface area contributed by atoms with Crippen molar-refractivity contribution in [1.82, 2.24) is 9.55 Å². The van der Waals surface area contributed by atoms with E-state index in [4.69, 9.17) is 0 Å². The number of aryl methyl sites for hydroxylation is 2. The summed E-state index contributed by atoms with van der Waals surface area (Å²) in [5, 5.41) is 5.26. The molecule has 3 aromatic rings. The lowest BCUT2D eigenvalue weighted by molar-refractivity contribution is 0.262. The number of carbonyl (C=O) groups excluding carboxylic acids is 1. The zero-order chi connectivity index (χ0) is 20.3. The van der Waals surface area contributed by atoms with Gasteiger partial charge in [-0.3, -0.25) is 14.7 Å². The predicted molar refractivity (Wildman–Crippen MR) is 112 cm³/mol. The molecule has 0 spiro atoms. The fourth-order valence-electron chi connectivity index (χ4n) is 2.81. The fourth-order valence-corrected chi connectivity index (χ4v) is 2.81. The van der Waals surface area contributed by atoms with Crippen molar-refractivity contribution in [3.05, 3.63) is 81.9 Å². The molecule has 0 fully saturated rings. The van der Waals surface area contributed by atoms with E-state index in [1.54, 1.807) is 6.20 Å². The molecule has 2 aromatic carbocycles. The Hall–Kier alpha value is -3.41. The Bertz CT molecular complexity index is 1050. The molecule has 0 saturated carbocycles. The van der Waals surface area contributed by atoms with Gasteiger partial charge in [0, 0.05) is 23.8 Å². The first kappa shape index (κ1) is 19.4. The van der Waals surface area contributed by atoms with E-state index in [1.807, 2.05) is 56.3 Å². The van der Waals surface area contributed by atoms with E-state index >= 15 is 0 Å². The molecule has 0 atom stereocenters. The quantitative estimate of drug-likeness (QED) is 0.698. The minimum atomic E-state index is -0.513. The SMILES string of the molecule is Cc1ccc(NC(=O)Nc2nccn(-c3ccc(C(C)C)cc3)c2=O)cc1C. The molecule has 0 aliphatic heterocycles. The largest absolute Gasteiger partial charge is 0.325 e. The number of aromatic nitrogens is 2. The highest BCUT2D eigenvalue weighted by molar-refractivity contribution is 5.99. The number of carbonyl (C=O) groups is 1. The molecule has 28 heavy (non-hydrogen) atoms. The zero-order valence-electron chi connectivity index (χ0n) is 16.5. The molecular formula is C22H24N4O2. The monoisotopic (exact) mass is 376 g/mol. The van der Waals surface area contributed by atoms with Crippen molar-refractivity contribution in [3.63, 3.8) is 0 Å². The number of anilines is 2. The van der Waals surface area contributed by atoms with Gasteiger partial charge < -0.3 is 5.32 Å². The van der Waals surface area contributed by atoms with Gasteiger partial charge >= 0.3 is 6.03 Å². The summed E-state index contributed by atoms with van der Waals surface area (Å²) in [6.45, 7) is 8.21. The van der Waals surface area contributed by atoms with Crippen LogP contribution in [0.4, 0.5) is 16.3 Å². The number of nitrogens with one attached hydrogen (secondary N) is 2. The van der Waals surface area contributed by atoms with E-state index < -0.39 is 11.6 Å². The highest BCUT2D eigenvalue weighted by Crippen LogP contribution is 2.17. The third-order valence-electron chi connectivity index (χ3n) is 4.68. The maximum atomic E-state index is 12.7. The Balaban J connectivity index is 1.79. The topological polar surface area (TPSA) is 76.0 Å². The van der Waals surface area contributed by atoms with E-state index in [1.165, 1.54) is 16.3 Å². The molecule has 0 saturated heterocycles. The Morgan fingerprint density at radius 3 is 2.36 bits per heavy atom. The molecule has 144 valence electrons. The molecule has 6 nitrogen and oxygen atoms in total. The van der Waals surface area contributed by atoms with Gasteiger partial charge in [-0.05, 0) is 60.7 Å². The first-order valence-corrected chi connectivity index (χ1v) is 9.18. The maximum Gasteiger partial charge on any atom is 0.325 e. The van der Waals surface area contributed by atoms with Crippen molar-refractivity contribution in [3.8, 4) is 5.69 Å². The van der Waals surface area contributed by atoms with Crippen LogP contribution in [0.25, 0.3) is 5.69 Å². The molecule has 0 aliphatic carbocycles. The molecule has 1 aromatic heterocycles.